The molecule has 0 spiro atoms. The van der Waals surface area contributed by atoms with E-state index < -0.39 is 14.4 Å². The Morgan fingerprint density at radius 2 is 1.93 bits per heavy atom. The second-order valence-electron chi connectivity index (χ2n) is 11.1. The summed E-state index contributed by atoms with van der Waals surface area (Å²) in [6.07, 6.45) is 5.41. The van der Waals surface area contributed by atoms with Crippen LogP contribution in [0.25, 0.3) is 0 Å². The second-order valence-corrected chi connectivity index (χ2v) is 15.2. The predicted octanol–water partition coefficient (Wildman–Crippen LogP) is 4.74. The van der Waals surface area contributed by atoms with E-state index in [0.717, 1.165) is 30.8 Å². The number of aromatic nitrogens is 1. The first-order chi connectivity index (χ1) is 13.8. The number of anilines is 2. The molecule has 1 aromatic rings. The average Bonchev–Trinajstić information content (AvgIpc) is 2.56. The SMILES string of the molecule is Cc1cncc(N)c1N1C[C@H](CC[SiH](C)C(C)(C)C)C[C@H](NC(=O)OC(C)(C)C)C1. The predicted molar refractivity (Wildman–Crippen MR) is 129 cm³/mol. The van der Waals surface area contributed by atoms with Crippen molar-refractivity contribution in [3.05, 3.63) is 18.0 Å². The zero-order chi connectivity index (χ0) is 22.7. The molecule has 170 valence electrons. The first-order valence-corrected chi connectivity index (χ1v) is 13.8. The molecular weight excluding hydrogens is 392 g/mol. The van der Waals surface area contributed by atoms with Gasteiger partial charge in [0.2, 0.25) is 0 Å². The molecule has 0 aromatic carbocycles. The van der Waals surface area contributed by atoms with Gasteiger partial charge in [0.15, 0.2) is 0 Å². The van der Waals surface area contributed by atoms with E-state index in [9.17, 15) is 4.79 Å². The molecule has 1 amide bonds. The highest BCUT2D eigenvalue weighted by Gasteiger charge is 2.32. The topological polar surface area (TPSA) is 80.5 Å². The molecule has 0 radical (unpaired) electrons. The lowest BCUT2D eigenvalue weighted by molar-refractivity contribution is 0.0493. The van der Waals surface area contributed by atoms with Crippen molar-refractivity contribution >= 4 is 26.3 Å². The molecule has 0 bridgehead atoms. The minimum Gasteiger partial charge on any atom is -0.444 e. The van der Waals surface area contributed by atoms with E-state index in [1.807, 2.05) is 33.9 Å². The van der Waals surface area contributed by atoms with E-state index >= 15 is 0 Å². The summed E-state index contributed by atoms with van der Waals surface area (Å²) >= 11 is 0. The van der Waals surface area contributed by atoms with Gasteiger partial charge in [0, 0.05) is 28.1 Å². The van der Waals surface area contributed by atoms with Crippen LogP contribution in [0, 0.1) is 12.8 Å². The highest BCUT2D eigenvalue weighted by Crippen LogP contribution is 2.35. The van der Waals surface area contributed by atoms with Gasteiger partial charge in [-0.3, -0.25) is 4.98 Å². The largest absolute Gasteiger partial charge is 0.444 e. The van der Waals surface area contributed by atoms with Gasteiger partial charge in [-0.25, -0.2) is 4.79 Å². The summed E-state index contributed by atoms with van der Waals surface area (Å²) in [5, 5.41) is 3.55. The zero-order valence-corrected chi connectivity index (χ0v) is 21.4. The van der Waals surface area contributed by atoms with Gasteiger partial charge in [-0.05, 0) is 50.6 Å². The van der Waals surface area contributed by atoms with Crippen molar-refractivity contribution < 1.29 is 9.53 Å². The third kappa shape index (κ3) is 7.18. The maximum atomic E-state index is 12.4. The molecule has 1 aliphatic rings. The standard InChI is InChI=1S/C23H42N4O2Si/c1-16-12-25-13-19(24)20(16)27-14-17(9-10-30(8)23(5,6)7)11-18(15-27)26-21(28)29-22(2,3)4/h12-13,17-18,30H,9-11,14-15,24H2,1-8H3,(H,26,28)/t17-,18+,30?/m1/s1. The summed E-state index contributed by atoms with van der Waals surface area (Å²) in [4.78, 5) is 19.0. The van der Waals surface area contributed by atoms with Crippen molar-refractivity contribution in [1.29, 1.82) is 0 Å². The lowest BCUT2D eigenvalue weighted by atomic mass is 9.91. The van der Waals surface area contributed by atoms with Crippen molar-refractivity contribution in [2.75, 3.05) is 23.7 Å². The number of amides is 1. The normalized spacial score (nSPS) is 21.3. The molecule has 3 N–H and O–H groups in total. The number of rotatable bonds is 5. The van der Waals surface area contributed by atoms with Crippen molar-refractivity contribution in [3.63, 3.8) is 0 Å². The van der Waals surface area contributed by atoms with Crippen LogP contribution < -0.4 is 16.0 Å². The Bertz CT molecular complexity index is 707. The Hall–Kier alpha value is -1.76. The minimum atomic E-state index is -0.818. The van der Waals surface area contributed by atoms with Gasteiger partial charge in [-0.1, -0.05) is 39.8 Å². The van der Waals surface area contributed by atoms with E-state index in [1.165, 1.54) is 12.5 Å². The van der Waals surface area contributed by atoms with Crippen molar-refractivity contribution in [2.24, 2.45) is 5.92 Å². The number of carbonyl (C=O) groups is 1. The number of nitrogens with one attached hydrogen (secondary N) is 1. The minimum absolute atomic E-state index is 0.0391. The molecule has 2 heterocycles. The van der Waals surface area contributed by atoms with Gasteiger partial charge >= 0.3 is 6.09 Å². The van der Waals surface area contributed by atoms with Crippen LogP contribution >= 0.6 is 0 Å². The molecule has 0 aliphatic carbocycles. The van der Waals surface area contributed by atoms with E-state index in [-0.39, 0.29) is 12.1 Å². The number of aryl methyl sites for hydroxylation is 1. The number of nitrogens with two attached hydrogens (primary N) is 1. The van der Waals surface area contributed by atoms with Gasteiger partial charge < -0.3 is 20.7 Å². The Labute approximate surface area is 184 Å². The quantitative estimate of drug-likeness (QED) is 0.654. The monoisotopic (exact) mass is 434 g/mol. The lowest BCUT2D eigenvalue weighted by Crippen LogP contribution is -2.52. The third-order valence-corrected chi connectivity index (χ3v) is 10.3. The Kier molecular flexibility index (Phi) is 7.83. The van der Waals surface area contributed by atoms with Crippen LogP contribution in [0.1, 0.15) is 59.9 Å². The molecule has 1 saturated heterocycles. The number of nitrogens with zero attached hydrogens (tertiary/aromatic N) is 2. The van der Waals surface area contributed by atoms with E-state index in [0.29, 0.717) is 16.6 Å². The number of nitrogen functional groups attached to an aromatic ring is 1. The summed E-state index contributed by atoms with van der Waals surface area (Å²) in [6.45, 7) is 19.0. The molecule has 1 unspecified atom stereocenters. The number of piperidine rings is 1. The Morgan fingerprint density at radius 1 is 1.27 bits per heavy atom. The Balaban J connectivity index is 2.16. The molecule has 30 heavy (non-hydrogen) atoms. The van der Waals surface area contributed by atoms with Crippen LogP contribution in [0.4, 0.5) is 16.2 Å². The first kappa shape index (κ1) is 24.5. The molecule has 2 rings (SSSR count). The zero-order valence-electron chi connectivity index (χ0n) is 20.2. The molecule has 6 nitrogen and oxygen atoms in total. The maximum absolute atomic E-state index is 12.4. The van der Waals surface area contributed by atoms with Gasteiger partial charge in [0.1, 0.15) is 5.60 Å². The lowest BCUT2D eigenvalue weighted by Gasteiger charge is -2.41. The van der Waals surface area contributed by atoms with Gasteiger partial charge in [0.25, 0.3) is 0 Å². The summed E-state index contributed by atoms with van der Waals surface area (Å²) in [5.74, 6) is 0.517. The van der Waals surface area contributed by atoms with Crippen LogP contribution in [-0.4, -0.2) is 44.6 Å². The number of ether oxygens (including phenoxy) is 1. The van der Waals surface area contributed by atoms with Gasteiger partial charge in [0.05, 0.1) is 23.6 Å². The van der Waals surface area contributed by atoms with E-state index in [1.54, 1.807) is 6.20 Å². The highest BCUT2D eigenvalue weighted by atomic mass is 28.3. The van der Waals surface area contributed by atoms with Crippen LogP contribution in [0.3, 0.4) is 0 Å². The van der Waals surface area contributed by atoms with Gasteiger partial charge in [-0.15, -0.1) is 0 Å². The maximum Gasteiger partial charge on any atom is 0.407 e. The summed E-state index contributed by atoms with van der Waals surface area (Å²) in [5.41, 5.74) is 8.61. The van der Waals surface area contributed by atoms with Crippen LogP contribution in [-0.2, 0) is 4.74 Å². The van der Waals surface area contributed by atoms with E-state index in [4.69, 9.17) is 10.5 Å². The molecule has 1 aromatic heterocycles. The van der Waals surface area contributed by atoms with Crippen LogP contribution in [0.5, 0.6) is 0 Å². The number of hydrogen-bond donors (Lipinski definition) is 2. The number of pyridine rings is 1. The summed E-state index contributed by atoms with van der Waals surface area (Å²) < 4.78 is 5.51. The van der Waals surface area contributed by atoms with Crippen molar-refractivity contribution in [3.8, 4) is 0 Å². The van der Waals surface area contributed by atoms with Crippen LogP contribution in [0.15, 0.2) is 12.4 Å². The number of hydrogen-bond acceptors (Lipinski definition) is 5. The molecule has 7 heteroatoms. The molecular formula is C23H42N4O2Si. The summed E-state index contributed by atoms with van der Waals surface area (Å²) in [6, 6.07) is 1.35. The average molecular weight is 435 g/mol. The smallest absolute Gasteiger partial charge is 0.407 e. The molecule has 1 fully saturated rings. The molecule has 1 aliphatic heterocycles. The number of carbonyl (C=O) groups excluding carboxylic acids is 1. The third-order valence-electron chi connectivity index (χ3n) is 6.19. The van der Waals surface area contributed by atoms with Crippen LogP contribution in [0.2, 0.25) is 17.6 Å². The van der Waals surface area contributed by atoms with Crippen molar-refractivity contribution in [2.45, 2.75) is 90.6 Å². The fourth-order valence-electron chi connectivity index (χ4n) is 4.10. The first-order valence-electron chi connectivity index (χ1n) is 11.2. The fraction of sp³-hybridized carbons (Fsp3) is 0.739. The highest BCUT2D eigenvalue weighted by molar-refractivity contribution is 6.60. The molecule has 0 saturated carbocycles. The van der Waals surface area contributed by atoms with Gasteiger partial charge in [-0.2, -0.15) is 0 Å². The number of alkyl carbamates (subject to hydrolysis) is 1. The fourth-order valence-corrected chi connectivity index (χ4v) is 5.94. The van der Waals surface area contributed by atoms with Crippen molar-refractivity contribution in [1.82, 2.24) is 10.3 Å². The Morgan fingerprint density at radius 3 is 2.50 bits per heavy atom. The second kappa shape index (κ2) is 9.58. The molecule has 3 atom stereocenters. The van der Waals surface area contributed by atoms with E-state index in [2.05, 4.69) is 42.5 Å². The summed E-state index contributed by atoms with van der Waals surface area (Å²) in [7, 11) is -0.818.